The van der Waals surface area contributed by atoms with Crippen LogP contribution in [0.4, 0.5) is 0 Å². The van der Waals surface area contributed by atoms with Crippen molar-refractivity contribution in [2.45, 2.75) is 117 Å². The Hall–Kier alpha value is -1.28. The van der Waals surface area contributed by atoms with Gasteiger partial charge in [0.15, 0.2) is 0 Å². The number of fused-ring (bicyclic) bond motifs is 5. The summed E-state index contributed by atoms with van der Waals surface area (Å²) in [5.74, 6) is 5.30. The van der Waals surface area contributed by atoms with E-state index in [-0.39, 0.29) is 5.12 Å². The van der Waals surface area contributed by atoms with Crippen LogP contribution in [-0.2, 0) is 4.79 Å². The first-order valence-electron chi connectivity index (χ1n) is 16.3. The molecule has 3 saturated carbocycles. The van der Waals surface area contributed by atoms with Crippen LogP contribution >= 0.6 is 11.8 Å². The van der Waals surface area contributed by atoms with Gasteiger partial charge in [-0.25, -0.2) is 0 Å². The van der Waals surface area contributed by atoms with Crippen LogP contribution in [0.1, 0.15) is 118 Å². The zero-order valence-electron chi connectivity index (χ0n) is 25.7. The number of hydrogen-bond acceptors (Lipinski definition) is 2. The third-order valence-electron chi connectivity index (χ3n) is 12.0. The highest BCUT2D eigenvalue weighted by atomic mass is 32.2. The standard InChI is InChI=1S/C37H54OS/c1-25(2)11-10-12-26(3)32-17-18-33-31-16-15-29-24-30(19-21-36(29,5)34(31)20-22-37(32,33)6)39-35(38)27(4)23-28-13-8-7-9-14-28/h7-9,13-15,23,25-26,30-34H,10-12,16-22,24H2,1-6H3/b27-23+/t26-,30-,31-,32-,33-,34-,36-,37+/m0/s1. The Morgan fingerprint density at radius 1 is 1.00 bits per heavy atom. The number of thioether (sulfide) groups is 1. The molecule has 0 spiro atoms. The maximum absolute atomic E-state index is 13.1. The van der Waals surface area contributed by atoms with Crippen molar-refractivity contribution in [2.24, 2.45) is 46.3 Å². The maximum Gasteiger partial charge on any atom is 0.215 e. The van der Waals surface area contributed by atoms with E-state index in [4.69, 9.17) is 0 Å². The van der Waals surface area contributed by atoms with Crippen molar-refractivity contribution >= 4 is 23.0 Å². The molecule has 0 bridgehead atoms. The maximum atomic E-state index is 13.1. The van der Waals surface area contributed by atoms with Crippen molar-refractivity contribution in [1.82, 2.24) is 0 Å². The smallest absolute Gasteiger partial charge is 0.215 e. The first-order chi connectivity index (χ1) is 18.6. The molecule has 5 rings (SSSR count). The minimum absolute atomic E-state index is 0.259. The van der Waals surface area contributed by atoms with E-state index in [1.807, 2.05) is 31.2 Å². The predicted octanol–water partition coefficient (Wildman–Crippen LogP) is 10.8. The summed E-state index contributed by atoms with van der Waals surface area (Å²) in [4.78, 5) is 13.1. The number of carbonyl (C=O) groups excluding carboxylic acids is 1. The SMILES string of the molecule is C/C(=C\c1ccccc1)C(=O)S[C@H]1CC[C@@]2(C)C(=CC[C@H]3[C@@H]4CC[C@@H]([C@@H](C)CCCC(C)C)[C@@]4(C)CC[C@@H]32)C1. The summed E-state index contributed by atoms with van der Waals surface area (Å²) in [6.45, 7) is 14.6. The van der Waals surface area contributed by atoms with Crippen LogP contribution in [0.3, 0.4) is 0 Å². The third kappa shape index (κ3) is 5.89. The molecule has 4 aliphatic carbocycles. The molecular weight excluding hydrogens is 492 g/mol. The molecule has 0 unspecified atom stereocenters. The van der Waals surface area contributed by atoms with Crippen LogP contribution in [0.2, 0.25) is 0 Å². The summed E-state index contributed by atoms with van der Waals surface area (Å²) in [6.07, 6.45) is 19.6. The Labute approximate surface area is 244 Å². The molecule has 1 nitrogen and oxygen atoms in total. The molecule has 214 valence electrons. The minimum atomic E-state index is 0.259. The van der Waals surface area contributed by atoms with Crippen molar-refractivity contribution in [3.05, 3.63) is 53.1 Å². The normalized spacial score (nSPS) is 37.1. The van der Waals surface area contributed by atoms with E-state index < -0.39 is 0 Å². The third-order valence-corrected chi connectivity index (χ3v) is 13.3. The van der Waals surface area contributed by atoms with Crippen molar-refractivity contribution in [3.8, 4) is 0 Å². The van der Waals surface area contributed by atoms with Crippen LogP contribution in [0.25, 0.3) is 6.08 Å². The molecule has 0 heterocycles. The lowest BCUT2D eigenvalue weighted by Crippen LogP contribution is -2.50. The van der Waals surface area contributed by atoms with E-state index in [2.05, 4.69) is 52.8 Å². The highest BCUT2D eigenvalue weighted by Crippen LogP contribution is 2.67. The Morgan fingerprint density at radius 3 is 2.51 bits per heavy atom. The second-order valence-electron chi connectivity index (χ2n) is 14.8. The number of carbonyl (C=O) groups is 1. The summed E-state index contributed by atoms with van der Waals surface area (Å²) < 4.78 is 0. The molecule has 0 saturated heterocycles. The van der Waals surface area contributed by atoms with E-state index in [0.717, 1.165) is 53.1 Å². The Kier molecular flexibility index (Phi) is 8.92. The molecule has 0 aromatic heterocycles. The predicted molar refractivity (Wildman–Crippen MR) is 170 cm³/mol. The molecule has 2 heteroatoms. The van der Waals surface area contributed by atoms with Crippen molar-refractivity contribution in [3.63, 3.8) is 0 Å². The summed E-state index contributed by atoms with van der Waals surface area (Å²) >= 11 is 1.61. The quantitative estimate of drug-likeness (QED) is 0.238. The molecule has 0 amide bonds. The zero-order chi connectivity index (χ0) is 27.8. The first-order valence-corrected chi connectivity index (χ1v) is 17.1. The molecule has 8 atom stereocenters. The van der Waals surface area contributed by atoms with Gasteiger partial charge >= 0.3 is 0 Å². The van der Waals surface area contributed by atoms with Gasteiger partial charge in [-0.1, -0.05) is 108 Å². The van der Waals surface area contributed by atoms with Crippen LogP contribution in [0.5, 0.6) is 0 Å². The van der Waals surface area contributed by atoms with E-state index >= 15 is 0 Å². The summed E-state index contributed by atoms with van der Waals surface area (Å²) in [5, 5.41) is 0.693. The van der Waals surface area contributed by atoms with Gasteiger partial charge < -0.3 is 0 Å². The van der Waals surface area contributed by atoms with Crippen LogP contribution in [0, 0.1) is 46.3 Å². The molecule has 0 N–H and O–H groups in total. The van der Waals surface area contributed by atoms with Crippen LogP contribution < -0.4 is 0 Å². The van der Waals surface area contributed by atoms with Gasteiger partial charge in [0.1, 0.15) is 0 Å². The van der Waals surface area contributed by atoms with E-state index in [0.29, 0.717) is 16.1 Å². The van der Waals surface area contributed by atoms with Gasteiger partial charge in [-0.3, -0.25) is 4.79 Å². The molecule has 1 aromatic carbocycles. The average molecular weight is 547 g/mol. The zero-order valence-corrected chi connectivity index (χ0v) is 26.5. The number of benzene rings is 1. The van der Waals surface area contributed by atoms with Crippen LogP contribution in [0.15, 0.2) is 47.6 Å². The van der Waals surface area contributed by atoms with Gasteiger partial charge in [0, 0.05) is 10.8 Å². The first kappa shape index (κ1) is 29.2. The van der Waals surface area contributed by atoms with Crippen molar-refractivity contribution < 1.29 is 4.79 Å². The lowest BCUT2D eigenvalue weighted by Gasteiger charge is -2.58. The topological polar surface area (TPSA) is 17.1 Å². The highest BCUT2D eigenvalue weighted by molar-refractivity contribution is 8.14. The fourth-order valence-electron chi connectivity index (χ4n) is 9.86. The summed E-state index contributed by atoms with van der Waals surface area (Å²) in [7, 11) is 0. The molecule has 39 heavy (non-hydrogen) atoms. The molecular formula is C37H54OS. The van der Waals surface area contributed by atoms with E-state index in [1.165, 1.54) is 64.2 Å². The van der Waals surface area contributed by atoms with Gasteiger partial charge in [0.05, 0.1) is 0 Å². The molecule has 0 aliphatic heterocycles. The fraction of sp³-hybridized carbons (Fsp3) is 0.703. The Bertz CT molecular complexity index is 1070. The fourth-order valence-corrected chi connectivity index (χ4v) is 10.9. The molecule has 4 aliphatic rings. The van der Waals surface area contributed by atoms with Crippen molar-refractivity contribution in [2.75, 3.05) is 0 Å². The van der Waals surface area contributed by atoms with Crippen molar-refractivity contribution in [1.29, 1.82) is 0 Å². The Morgan fingerprint density at radius 2 is 1.77 bits per heavy atom. The van der Waals surface area contributed by atoms with Gasteiger partial charge in [0.2, 0.25) is 5.12 Å². The number of rotatable bonds is 8. The minimum Gasteiger partial charge on any atom is -0.282 e. The van der Waals surface area contributed by atoms with Gasteiger partial charge in [-0.05, 0) is 116 Å². The molecule has 3 fully saturated rings. The number of hydrogen-bond donors (Lipinski definition) is 0. The van der Waals surface area contributed by atoms with E-state index in [1.54, 1.807) is 17.3 Å². The Balaban J connectivity index is 1.23. The second-order valence-corrected chi connectivity index (χ2v) is 16.1. The summed E-state index contributed by atoms with van der Waals surface area (Å²) in [5.41, 5.74) is 4.61. The lowest BCUT2D eigenvalue weighted by molar-refractivity contribution is -0.107. The second kappa shape index (κ2) is 11.9. The lowest BCUT2D eigenvalue weighted by atomic mass is 9.47. The molecule has 0 radical (unpaired) electrons. The van der Waals surface area contributed by atoms with Gasteiger partial charge in [0.25, 0.3) is 0 Å². The van der Waals surface area contributed by atoms with Crippen LogP contribution in [-0.4, -0.2) is 10.4 Å². The molecule has 1 aromatic rings. The summed E-state index contributed by atoms with van der Waals surface area (Å²) in [6, 6.07) is 10.3. The van der Waals surface area contributed by atoms with E-state index in [9.17, 15) is 4.79 Å². The van der Waals surface area contributed by atoms with Gasteiger partial charge in [-0.2, -0.15) is 0 Å². The average Bonchev–Trinajstić information content (AvgIpc) is 3.26. The van der Waals surface area contributed by atoms with Gasteiger partial charge in [-0.15, -0.1) is 0 Å². The highest BCUT2D eigenvalue weighted by Gasteiger charge is 2.59. The number of allylic oxidation sites excluding steroid dienone is 2. The monoisotopic (exact) mass is 546 g/mol. The largest absolute Gasteiger partial charge is 0.282 e.